The highest BCUT2D eigenvalue weighted by molar-refractivity contribution is 7.99. The Labute approximate surface area is 111 Å². The van der Waals surface area contributed by atoms with Crippen LogP contribution in [0, 0.1) is 0 Å². The second kappa shape index (κ2) is 6.58. The molecule has 18 heavy (non-hydrogen) atoms. The molecule has 0 bridgehead atoms. The Bertz CT molecular complexity index is 388. The number of nitrogens with one attached hydrogen (secondary N) is 1. The lowest BCUT2D eigenvalue weighted by molar-refractivity contribution is 0.0761. The van der Waals surface area contributed by atoms with Crippen LogP contribution in [0.2, 0.25) is 0 Å². The van der Waals surface area contributed by atoms with Crippen LogP contribution in [0.5, 0.6) is 0 Å². The van der Waals surface area contributed by atoms with Crippen molar-refractivity contribution in [1.29, 1.82) is 0 Å². The molecule has 1 saturated heterocycles. The molecule has 0 aliphatic carbocycles. The molecule has 1 aromatic rings. The summed E-state index contributed by atoms with van der Waals surface area (Å²) in [4.78, 5) is 14.1. The smallest absolute Gasteiger partial charge is 0.274 e. The van der Waals surface area contributed by atoms with Gasteiger partial charge in [-0.15, -0.1) is 10.2 Å². The minimum atomic E-state index is -0.00644. The molecule has 0 spiro atoms. The summed E-state index contributed by atoms with van der Waals surface area (Å²) in [6.45, 7) is 4.42. The van der Waals surface area contributed by atoms with Crippen LogP contribution in [0.1, 0.15) is 23.8 Å². The van der Waals surface area contributed by atoms with Crippen LogP contribution in [-0.2, 0) is 0 Å². The minimum Gasteiger partial charge on any atom is -0.369 e. The van der Waals surface area contributed by atoms with Crippen molar-refractivity contribution in [3.8, 4) is 0 Å². The van der Waals surface area contributed by atoms with Crippen molar-refractivity contribution in [2.24, 2.45) is 0 Å². The third-order valence-electron chi connectivity index (χ3n) is 2.75. The van der Waals surface area contributed by atoms with Gasteiger partial charge < -0.3 is 10.2 Å². The van der Waals surface area contributed by atoms with Gasteiger partial charge in [0.05, 0.1) is 0 Å². The summed E-state index contributed by atoms with van der Waals surface area (Å²) in [6.07, 6.45) is 1.05. The van der Waals surface area contributed by atoms with Crippen LogP contribution in [0.25, 0.3) is 0 Å². The maximum absolute atomic E-state index is 12.2. The minimum absolute atomic E-state index is 0.00644. The van der Waals surface area contributed by atoms with E-state index in [0.717, 1.165) is 37.6 Å². The summed E-state index contributed by atoms with van der Waals surface area (Å²) < 4.78 is 0. The predicted octanol–water partition coefficient (Wildman–Crippen LogP) is 1.49. The maximum Gasteiger partial charge on any atom is 0.274 e. The molecule has 0 unspecified atom stereocenters. The van der Waals surface area contributed by atoms with E-state index < -0.39 is 0 Å². The number of thioether (sulfide) groups is 1. The van der Waals surface area contributed by atoms with Crippen LogP contribution in [0.4, 0.5) is 5.82 Å². The summed E-state index contributed by atoms with van der Waals surface area (Å²) in [5.74, 6) is 2.84. The highest BCUT2D eigenvalue weighted by atomic mass is 32.2. The molecular formula is C12H18N4OS. The number of amides is 1. The fourth-order valence-electron chi connectivity index (χ4n) is 1.83. The summed E-state index contributed by atoms with van der Waals surface area (Å²) in [5, 5.41) is 11.0. The Morgan fingerprint density at radius 1 is 1.39 bits per heavy atom. The molecule has 1 fully saturated rings. The van der Waals surface area contributed by atoms with Gasteiger partial charge >= 0.3 is 0 Å². The lowest BCUT2D eigenvalue weighted by Crippen LogP contribution is -2.33. The van der Waals surface area contributed by atoms with Gasteiger partial charge in [0.25, 0.3) is 5.91 Å². The zero-order valence-electron chi connectivity index (χ0n) is 10.6. The van der Waals surface area contributed by atoms with Gasteiger partial charge in [-0.05, 0) is 31.2 Å². The molecule has 1 N–H and O–H groups in total. The van der Waals surface area contributed by atoms with Crippen molar-refractivity contribution in [3.63, 3.8) is 0 Å². The normalized spacial score (nSPS) is 16.2. The number of carbonyl (C=O) groups excluding carboxylic acids is 1. The van der Waals surface area contributed by atoms with E-state index in [1.54, 1.807) is 12.1 Å². The Balaban J connectivity index is 2.02. The molecule has 2 rings (SSSR count). The van der Waals surface area contributed by atoms with E-state index in [1.807, 2.05) is 23.6 Å². The van der Waals surface area contributed by atoms with Crippen molar-refractivity contribution < 1.29 is 4.79 Å². The highest BCUT2D eigenvalue weighted by Crippen LogP contribution is 2.12. The van der Waals surface area contributed by atoms with Crippen LogP contribution < -0.4 is 5.32 Å². The molecular weight excluding hydrogens is 248 g/mol. The second-order valence-electron chi connectivity index (χ2n) is 4.09. The first-order chi connectivity index (χ1) is 8.81. The Morgan fingerprint density at radius 3 is 3.00 bits per heavy atom. The van der Waals surface area contributed by atoms with E-state index in [2.05, 4.69) is 15.5 Å². The van der Waals surface area contributed by atoms with Crippen LogP contribution >= 0.6 is 11.8 Å². The Kier molecular flexibility index (Phi) is 4.81. The number of hydrogen-bond donors (Lipinski definition) is 1. The molecule has 5 nitrogen and oxygen atoms in total. The van der Waals surface area contributed by atoms with E-state index in [4.69, 9.17) is 0 Å². The van der Waals surface area contributed by atoms with Crippen molar-refractivity contribution in [3.05, 3.63) is 17.8 Å². The zero-order chi connectivity index (χ0) is 12.8. The summed E-state index contributed by atoms with van der Waals surface area (Å²) in [6, 6.07) is 3.54. The van der Waals surface area contributed by atoms with Gasteiger partial charge in [-0.25, -0.2) is 0 Å². The molecule has 0 atom stereocenters. The summed E-state index contributed by atoms with van der Waals surface area (Å²) >= 11 is 1.90. The van der Waals surface area contributed by atoms with Crippen molar-refractivity contribution in [2.45, 2.75) is 13.3 Å². The van der Waals surface area contributed by atoms with Gasteiger partial charge in [0, 0.05) is 25.4 Å². The lowest BCUT2D eigenvalue weighted by atomic mass is 10.3. The average Bonchev–Trinajstić information content (AvgIpc) is 2.68. The van der Waals surface area contributed by atoms with Gasteiger partial charge in [-0.1, -0.05) is 0 Å². The molecule has 0 aromatic carbocycles. The quantitative estimate of drug-likeness (QED) is 0.898. The van der Waals surface area contributed by atoms with E-state index in [0.29, 0.717) is 11.5 Å². The Hall–Kier alpha value is -1.30. The van der Waals surface area contributed by atoms with Crippen LogP contribution in [-0.4, -0.2) is 52.1 Å². The molecule has 98 valence electrons. The number of aromatic nitrogens is 2. The first kappa shape index (κ1) is 13.1. The molecule has 1 aliphatic rings. The first-order valence-electron chi connectivity index (χ1n) is 6.26. The third kappa shape index (κ3) is 3.35. The fourth-order valence-corrected chi connectivity index (χ4v) is 2.72. The van der Waals surface area contributed by atoms with E-state index in [9.17, 15) is 4.79 Å². The largest absolute Gasteiger partial charge is 0.369 e. The van der Waals surface area contributed by atoms with Crippen molar-refractivity contribution in [1.82, 2.24) is 15.1 Å². The van der Waals surface area contributed by atoms with Crippen molar-refractivity contribution in [2.75, 3.05) is 36.5 Å². The van der Waals surface area contributed by atoms with Crippen LogP contribution in [0.15, 0.2) is 12.1 Å². The molecule has 1 aliphatic heterocycles. The maximum atomic E-state index is 12.2. The topological polar surface area (TPSA) is 58.1 Å². The van der Waals surface area contributed by atoms with Gasteiger partial charge in [0.15, 0.2) is 5.69 Å². The molecule has 0 saturated carbocycles. The van der Waals surface area contributed by atoms with Crippen molar-refractivity contribution >= 4 is 23.5 Å². The number of nitrogens with zero attached hydrogens (tertiary/aromatic N) is 3. The highest BCUT2D eigenvalue weighted by Gasteiger charge is 2.18. The van der Waals surface area contributed by atoms with E-state index in [-0.39, 0.29) is 5.91 Å². The predicted molar refractivity (Wildman–Crippen MR) is 74.0 cm³/mol. The molecule has 1 aromatic heterocycles. The lowest BCUT2D eigenvalue weighted by Gasteiger charge is -2.19. The van der Waals surface area contributed by atoms with Gasteiger partial charge in [-0.2, -0.15) is 11.8 Å². The Morgan fingerprint density at radius 2 is 2.28 bits per heavy atom. The molecule has 6 heteroatoms. The van der Waals surface area contributed by atoms with Gasteiger partial charge in [0.1, 0.15) is 5.82 Å². The summed E-state index contributed by atoms with van der Waals surface area (Å²) in [7, 11) is 0. The average molecular weight is 266 g/mol. The van der Waals surface area contributed by atoms with Crippen LogP contribution in [0.3, 0.4) is 0 Å². The number of rotatable bonds is 3. The SMILES string of the molecule is CCNc1ccc(C(=O)N2CCCSCC2)nn1. The second-order valence-corrected chi connectivity index (χ2v) is 5.32. The third-order valence-corrected chi connectivity index (χ3v) is 3.80. The summed E-state index contributed by atoms with van der Waals surface area (Å²) in [5.41, 5.74) is 0.434. The zero-order valence-corrected chi connectivity index (χ0v) is 11.4. The number of hydrogen-bond acceptors (Lipinski definition) is 5. The first-order valence-corrected chi connectivity index (χ1v) is 7.41. The molecule has 2 heterocycles. The van der Waals surface area contributed by atoms with E-state index >= 15 is 0 Å². The molecule has 1 amide bonds. The number of anilines is 1. The van der Waals surface area contributed by atoms with Gasteiger partial charge in [-0.3, -0.25) is 4.79 Å². The number of carbonyl (C=O) groups is 1. The molecule has 0 radical (unpaired) electrons. The standard InChI is InChI=1S/C12H18N4OS/c1-2-13-11-5-4-10(14-15-11)12(17)16-6-3-8-18-9-7-16/h4-5H,2-3,6-9H2,1H3,(H,13,15). The van der Waals surface area contributed by atoms with E-state index in [1.165, 1.54) is 0 Å². The van der Waals surface area contributed by atoms with Gasteiger partial charge in [0.2, 0.25) is 0 Å². The fraction of sp³-hybridized carbons (Fsp3) is 0.583. The monoisotopic (exact) mass is 266 g/mol.